The molecule has 3 aromatic carbocycles. The van der Waals surface area contributed by atoms with Gasteiger partial charge in [0.15, 0.2) is 0 Å². The van der Waals surface area contributed by atoms with Crippen LogP contribution in [0.1, 0.15) is 79.5 Å². The lowest BCUT2D eigenvalue weighted by Gasteiger charge is -2.37. The number of amides is 3. The van der Waals surface area contributed by atoms with Crippen LogP contribution >= 0.6 is 0 Å². The number of allylic oxidation sites excluding steroid dienone is 2. The summed E-state index contributed by atoms with van der Waals surface area (Å²) in [5, 5.41) is 16.1. The molecule has 52 heavy (non-hydrogen) atoms. The molecule has 10 nitrogen and oxygen atoms in total. The van der Waals surface area contributed by atoms with Crippen molar-refractivity contribution in [1.29, 1.82) is 0 Å². The number of ether oxygens (including phenoxy) is 2. The number of carbonyl (C=O) groups is 4. The van der Waals surface area contributed by atoms with Gasteiger partial charge >= 0.3 is 12.1 Å². The third-order valence-electron chi connectivity index (χ3n) is 11.2. The average Bonchev–Trinajstić information content (AvgIpc) is 3.76. The van der Waals surface area contributed by atoms with Crippen molar-refractivity contribution >= 4 is 23.9 Å². The number of rotatable bonds is 6. The lowest BCUT2D eigenvalue weighted by Crippen LogP contribution is -2.54. The summed E-state index contributed by atoms with van der Waals surface area (Å²) in [5.74, 6) is -1.75. The number of benzene rings is 3. The van der Waals surface area contributed by atoms with Crippen LogP contribution in [0.2, 0.25) is 0 Å². The highest BCUT2D eigenvalue weighted by molar-refractivity contribution is 5.87. The van der Waals surface area contributed by atoms with Gasteiger partial charge in [-0.25, -0.2) is 9.59 Å². The highest BCUT2D eigenvalue weighted by atomic mass is 16.6. The Balaban J connectivity index is 1.02. The Morgan fingerprint density at radius 1 is 0.923 bits per heavy atom. The molecule has 3 aromatic rings. The molecule has 0 unspecified atom stereocenters. The Labute approximate surface area is 304 Å². The fourth-order valence-corrected chi connectivity index (χ4v) is 8.36. The Morgan fingerprint density at radius 2 is 1.60 bits per heavy atom. The number of cyclic esters (lactones) is 1. The van der Waals surface area contributed by atoms with Crippen molar-refractivity contribution in [2.45, 2.75) is 87.9 Å². The maximum Gasteiger partial charge on any atom is 0.407 e. The van der Waals surface area contributed by atoms with Gasteiger partial charge in [0.1, 0.15) is 19.3 Å². The number of carbonyl (C=O) groups excluding carboxylic acids is 4. The Morgan fingerprint density at radius 3 is 2.31 bits per heavy atom. The molecule has 1 fully saturated rings. The van der Waals surface area contributed by atoms with Crippen molar-refractivity contribution in [1.82, 2.24) is 15.5 Å². The molecule has 3 atom stereocenters. The van der Waals surface area contributed by atoms with Crippen molar-refractivity contribution in [2.75, 3.05) is 19.8 Å². The summed E-state index contributed by atoms with van der Waals surface area (Å²) < 4.78 is 11.6. The molecule has 4 aliphatic rings. The molecule has 2 aliphatic heterocycles. The van der Waals surface area contributed by atoms with Gasteiger partial charge in [-0.1, -0.05) is 97.8 Å². The number of aliphatic hydroxyl groups is 1. The third kappa shape index (κ3) is 7.62. The molecule has 2 heterocycles. The van der Waals surface area contributed by atoms with Crippen LogP contribution in [0.15, 0.2) is 84.9 Å². The molecule has 3 N–H and O–H groups in total. The van der Waals surface area contributed by atoms with E-state index >= 15 is 0 Å². The maximum absolute atomic E-state index is 13.9. The van der Waals surface area contributed by atoms with Crippen LogP contribution in [0.5, 0.6) is 0 Å². The highest BCUT2D eigenvalue weighted by Gasteiger charge is 2.40. The van der Waals surface area contributed by atoms with Gasteiger partial charge < -0.3 is 30.1 Å². The lowest BCUT2D eigenvalue weighted by molar-refractivity contribution is -0.149. The van der Waals surface area contributed by atoms with Crippen LogP contribution in [0.4, 0.5) is 4.79 Å². The van der Waals surface area contributed by atoms with Gasteiger partial charge in [0, 0.05) is 18.9 Å². The molecule has 272 valence electrons. The summed E-state index contributed by atoms with van der Waals surface area (Å²) in [4.78, 5) is 56.0. The number of aliphatic hydroxyl groups excluding tert-OH is 1. The average molecular weight is 706 g/mol. The van der Waals surface area contributed by atoms with Crippen LogP contribution < -0.4 is 10.6 Å². The molecule has 0 aromatic heterocycles. The van der Waals surface area contributed by atoms with Crippen LogP contribution in [0.25, 0.3) is 11.1 Å². The van der Waals surface area contributed by atoms with Gasteiger partial charge in [-0.15, -0.1) is 0 Å². The smallest absolute Gasteiger partial charge is 0.407 e. The molecule has 7 rings (SSSR count). The minimum absolute atomic E-state index is 0.00330. The van der Waals surface area contributed by atoms with E-state index in [0.717, 1.165) is 46.2 Å². The quantitative estimate of drug-likeness (QED) is 0.226. The Bertz CT molecular complexity index is 1790. The van der Waals surface area contributed by atoms with E-state index < -0.39 is 29.6 Å². The van der Waals surface area contributed by atoms with E-state index in [9.17, 15) is 24.3 Å². The molecular weight excluding hydrogens is 658 g/mol. The molecule has 1 spiro atoms. The van der Waals surface area contributed by atoms with E-state index in [4.69, 9.17) is 9.47 Å². The summed E-state index contributed by atoms with van der Waals surface area (Å²) in [6.07, 6.45) is 7.69. The van der Waals surface area contributed by atoms with E-state index in [2.05, 4.69) is 34.9 Å². The predicted molar refractivity (Wildman–Crippen MR) is 195 cm³/mol. The summed E-state index contributed by atoms with van der Waals surface area (Å²) in [6.45, 7) is 0.336. The molecule has 0 saturated heterocycles. The summed E-state index contributed by atoms with van der Waals surface area (Å²) in [5.41, 5.74) is 5.87. The van der Waals surface area contributed by atoms with Crippen molar-refractivity contribution < 1.29 is 33.8 Å². The number of nitrogens with one attached hydrogen (secondary N) is 2. The van der Waals surface area contributed by atoms with E-state index in [0.29, 0.717) is 38.6 Å². The number of hydrogen-bond acceptors (Lipinski definition) is 7. The topological polar surface area (TPSA) is 134 Å². The minimum Gasteiger partial charge on any atom is -0.462 e. The standard InChI is InChI=1S/C42H47N3O7/c46-25-31-22-28-12-4-5-14-30(28)24-45(31)38(47)23-29-13-2-1-3-19-37(40(49)52-27-42(44-39(29)48)20-10-11-21-42)43-41(50)51-26-36-34-17-8-6-15-32(34)33-16-7-9-18-35(33)36/h1-2,4-9,12,14-18,29,31,36-37,46H,3,10-11,13,19-27H2,(H,43,50)(H,44,48)/t29-,31+,37+/m1/s1. The first kappa shape index (κ1) is 35.4. The molecule has 1 saturated carbocycles. The van der Waals surface area contributed by atoms with Crippen LogP contribution in [-0.2, 0) is 36.8 Å². The van der Waals surface area contributed by atoms with Gasteiger partial charge in [-0.3, -0.25) is 9.59 Å². The third-order valence-corrected chi connectivity index (χ3v) is 11.2. The second-order valence-corrected chi connectivity index (χ2v) is 14.6. The molecule has 0 bridgehead atoms. The first-order valence-corrected chi connectivity index (χ1v) is 18.6. The van der Waals surface area contributed by atoms with Crippen molar-refractivity contribution in [3.63, 3.8) is 0 Å². The maximum atomic E-state index is 13.9. The van der Waals surface area contributed by atoms with Gasteiger partial charge in [0.25, 0.3) is 0 Å². The van der Waals surface area contributed by atoms with Crippen LogP contribution in [0, 0.1) is 5.92 Å². The monoisotopic (exact) mass is 705 g/mol. The summed E-state index contributed by atoms with van der Waals surface area (Å²) in [7, 11) is 0. The van der Waals surface area contributed by atoms with Crippen molar-refractivity contribution in [2.24, 2.45) is 5.92 Å². The van der Waals surface area contributed by atoms with Crippen molar-refractivity contribution in [3.8, 4) is 11.1 Å². The van der Waals surface area contributed by atoms with E-state index in [1.54, 1.807) is 4.90 Å². The zero-order chi connectivity index (χ0) is 36.1. The summed E-state index contributed by atoms with van der Waals surface area (Å²) >= 11 is 0. The van der Waals surface area contributed by atoms with Crippen LogP contribution in [0.3, 0.4) is 0 Å². The molecule has 2 aliphatic carbocycles. The largest absolute Gasteiger partial charge is 0.462 e. The first-order valence-electron chi connectivity index (χ1n) is 18.6. The normalized spacial score (nSPS) is 22.9. The second-order valence-electron chi connectivity index (χ2n) is 14.6. The molecule has 3 amide bonds. The number of hydrogen-bond donors (Lipinski definition) is 3. The SMILES string of the molecule is O=C(N[C@H]1CCC=CC[C@H](CC(=O)N2Cc3ccccc3C[C@H]2CO)C(=O)NC2(CCCC2)COC1=O)OCC1c2ccccc2-c2ccccc21. The minimum atomic E-state index is -0.940. The zero-order valence-corrected chi connectivity index (χ0v) is 29.4. The number of alkyl carbamates (subject to hydrolysis) is 1. The number of esters is 1. The molecule has 10 heteroatoms. The highest BCUT2D eigenvalue weighted by Crippen LogP contribution is 2.44. The summed E-state index contributed by atoms with van der Waals surface area (Å²) in [6, 6.07) is 22.9. The van der Waals surface area contributed by atoms with Gasteiger partial charge in [-0.2, -0.15) is 0 Å². The zero-order valence-electron chi connectivity index (χ0n) is 29.4. The van der Waals surface area contributed by atoms with Gasteiger partial charge in [-0.05, 0) is 71.9 Å². The van der Waals surface area contributed by atoms with Gasteiger partial charge in [0.05, 0.1) is 24.1 Å². The van der Waals surface area contributed by atoms with Crippen molar-refractivity contribution in [3.05, 3.63) is 107 Å². The fraction of sp³-hybridized carbons (Fsp3) is 0.429. The number of nitrogens with zero attached hydrogens (tertiary/aromatic N) is 1. The lowest BCUT2D eigenvalue weighted by atomic mass is 9.91. The Kier molecular flexibility index (Phi) is 10.7. The van der Waals surface area contributed by atoms with E-state index in [-0.39, 0.29) is 56.4 Å². The van der Waals surface area contributed by atoms with Crippen LogP contribution in [-0.4, -0.2) is 71.3 Å². The molecule has 0 radical (unpaired) electrons. The second kappa shape index (κ2) is 15.7. The fourth-order valence-electron chi connectivity index (χ4n) is 8.36. The Hall–Kier alpha value is -4.96. The molecular formula is C42H47N3O7. The predicted octanol–water partition coefficient (Wildman–Crippen LogP) is 5.56. The van der Waals surface area contributed by atoms with Gasteiger partial charge in [0.2, 0.25) is 11.8 Å². The number of fused-ring (bicyclic) bond motifs is 4. The van der Waals surface area contributed by atoms with E-state index in [1.165, 1.54) is 0 Å². The first-order chi connectivity index (χ1) is 25.3. The van der Waals surface area contributed by atoms with E-state index in [1.807, 2.05) is 60.7 Å².